The number of aryl methyl sites for hydroxylation is 1. The summed E-state index contributed by atoms with van der Waals surface area (Å²) in [7, 11) is 1.61. The highest BCUT2D eigenvalue weighted by Gasteiger charge is 2.28. The second kappa shape index (κ2) is 12.0. The van der Waals surface area contributed by atoms with Crippen molar-refractivity contribution in [3.8, 4) is 0 Å². The molecule has 1 atom stereocenters. The van der Waals surface area contributed by atoms with Crippen LogP contribution in [0.1, 0.15) is 48.4 Å². The van der Waals surface area contributed by atoms with Gasteiger partial charge in [-0.3, -0.25) is 9.20 Å². The van der Waals surface area contributed by atoms with E-state index in [1.807, 2.05) is 30.3 Å². The Morgan fingerprint density at radius 3 is 2.59 bits per heavy atom. The van der Waals surface area contributed by atoms with Gasteiger partial charge in [0.25, 0.3) is 0 Å². The first-order valence-corrected chi connectivity index (χ1v) is 12.5. The van der Waals surface area contributed by atoms with Crippen LogP contribution in [0.5, 0.6) is 0 Å². The average molecular weight is 536 g/mol. The maximum absolute atomic E-state index is 12.8. The maximum Gasteiger partial charge on any atom is 0.410 e. The molecule has 4 aromatic rings. The van der Waals surface area contributed by atoms with Gasteiger partial charge in [0.15, 0.2) is 17.2 Å². The van der Waals surface area contributed by atoms with Crippen molar-refractivity contribution in [2.24, 2.45) is 5.73 Å². The van der Waals surface area contributed by atoms with Crippen LogP contribution >= 0.6 is 0 Å². The highest BCUT2D eigenvalue weighted by molar-refractivity contribution is 5.85. The lowest BCUT2D eigenvalue weighted by Gasteiger charge is -2.24. The number of rotatable bonds is 11. The molecular weight excluding hydrogens is 502 g/mol. The Balaban J connectivity index is 1.52. The fourth-order valence-electron chi connectivity index (χ4n) is 3.80. The van der Waals surface area contributed by atoms with Gasteiger partial charge in [0.1, 0.15) is 12.6 Å². The van der Waals surface area contributed by atoms with E-state index >= 15 is 0 Å². The van der Waals surface area contributed by atoms with Crippen molar-refractivity contribution < 1.29 is 23.6 Å². The summed E-state index contributed by atoms with van der Waals surface area (Å²) in [6.45, 7) is 5.65. The predicted molar refractivity (Wildman–Crippen MR) is 141 cm³/mol. The summed E-state index contributed by atoms with van der Waals surface area (Å²) in [5.74, 6) is 0.598. The van der Waals surface area contributed by atoms with Crippen molar-refractivity contribution in [1.29, 1.82) is 0 Å². The highest BCUT2D eigenvalue weighted by Crippen LogP contribution is 2.19. The molecule has 12 nitrogen and oxygen atoms in total. The number of pyridine rings is 1. The highest BCUT2D eigenvalue weighted by atomic mass is 16.6. The van der Waals surface area contributed by atoms with E-state index in [1.54, 1.807) is 56.5 Å². The summed E-state index contributed by atoms with van der Waals surface area (Å²) in [4.78, 5) is 26.9. The smallest absolute Gasteiger partial charge is 0.410 e. The number of nitrogens with one attached hydrogen (secondary N) is 1. The molecule has 4 rings (SSSR count). The first-order valence-electron chi connectivity index (χ1n) is 12.5. The summed E-state index contributed by atoms with van der Waals surface area (Å²) in [6.07, 6.45) is -0.545. The second-order valence-corrected chi connectivity index (χ2v) is 9.86. The number of nitrogens with zero attached hydrogens (tertiary/aromatic N) is 5. The van der Waals surface area contributed by atoms with Crippen LogP contribution in [-0.4, -0.2) is 55.8 Å². The number of hydrogen-bond acceptors (Lipinski definition) is 9. The lowest BCUT2D eigenvalue weighted by Crippen LogP contribution is -2.51. The Hall–Kier alpha value is -4.29. The van der Waals surface area contributed by atoms with Crippen LogP contribution in [0.25, 0.3) is 5.65 Å². The Labute approximate surface area is 226 Å². The number of fused-ring (bicyclic) bond motifs is 1. The number of carbonyl (C=O) groups is 2. The minimum absolute atomic E-state index is 0.0606. The van der Waals surface area contributed by atoms with Crippen molar-refractivity contribution in [2.75, 3.05) is 13.7 Å². The molecule has 3 aromatic heterocycles. The van der Waals surface area contributed by atoms with Gasteiger partial charge in [-0.15, -0.1) is 10.2 Å². The molecule has 0 spiro atoms. The van der Waals surface area contributed by atoms with Gasteiger partial charge in [-0.05, 0) is 38.5 Å². The molecule has 39 heavy (non-hydrogen) atoms. The molecule has 0 saturated carbocycles. The summed E-state index contributed by atoms with van der Waals surface area (Å²) in [5.41, 5.74) is 7.77. The zero-order chi connectivity index (χ0) is 28.0. The van der Waals surface area contributed by atoms with Gasteiger partial charge < -0.3 is 29.9 Å². The minimum atomic E-state index is -1.12. The first kappa shape index (κ1) is 27.7. The molecule has 0 aliphatic heterocycles. The number of amides is 2. The molecule has 206 valence electrons. The van der Waals surface area contributed by atoms with Gasteiger partial charge in [0.05, 0.1) is 36.7 Å². The first-order chi connectivity index (χ1) is 18.6. The van der Waals surface area contributed by atoms with Crippen molar-refractivity contribution in [1.82, 2.24) is 30.0 Å². The van der Waals surface area contributed by atoms with E-state index in [0.717, 1.165) is 11.3 Å². The van der Waals surface area contributed by atoms with Crippen LogP contribution < -0.4 is 11.1 Å². The number of nitrogens with two attached hydrogens (primary N) is 1. The molecule has 0 unspecified atom stereocenters. The normalized spacial score (nSPS) is 12.3. The van der Waals surface area contributed by atoms with Gasteiger partial charge >= 0.3 is 6.09 Å². The SMILES string of the molecule is Cc1cc(CN(C)C(=O)OCc2cccc3nnc([C@@H](COCc4ccccc4)NC(=O)C(C)(C)N)n23)on1. The summed E-state index contributed by atoms with van der Waals surface area (Å²) >= 11 is 0. The van der Waals surface area contributed by atoms with Gasteiger partial charge in [-0.2, -0.15) is 0 Å². The lowest BCUT2D eigenvalue weighted by atomic mass is 10.1. The minimum Gasteiger partial charge on any atom is -0.443 e. The molecule has 0 aliphatic carbocycles. The average Bonchev–Trinajstić information content (AvgIpc) is 3.52. The molecule has 3 heterocycles. The van der Waals surface area contributed by atoms with Crippen molar-refractivity contribution in [3.05, 3.63) is 83.1 Å². The monoisotopic (exact) mass is 535 g/mol. The molecule has 0 aliphatic rings. The topological polar surface area (TPSA) is 150 Å². The zero-order valence-corrected chi connectivity index (χ0v) is 22.5. The third kappa shape index (κ3) is 7.18. The van der Waals surface area contributed by atoms with Gasteiger partial charge in [0, 0.05) is 13.1 Å². The van der Waals surface area contributed by atoms with E-state index in [-0.39, 0.29) is 25.7 Å². The molecule has 3 N–H and O–H groups in total. The zero-order valence-electron chi connectivity index (χ0n) is 22.5. The number of hydrogen-bond donors (Lipinski definition) is 2. The number of carbonyl (C=O) groups excluding carboxylic acids is 2. The van der Waals surface area contributed by atoms with Crippen LogP contribution in [0.4, 0.5) is 4.79 Å². The molecule has 0 radical (unpaired) electrons. The van der Waals surface area contributed by atoms with Gasteiger partial charge in [0.2, 0.25) is 5.91 Å². The van der Waals surface area contributed by atoms with Crippen LogP contribution in [0, 0.1) is 6.92 Å². The van der Waals surface area contributed by atoms with E-state index in [4.69, 9.17) is 19.7 Å². The van der Waals surface area contributed by atoms with Crippen LogP contribution in [0.3, 0.4) is 0 Å². The number of ether oxygens (including phenoxy) is 2. The molecule has 0 bridgehead atoms. The molecule has 1 aromatic carbocycles. The Morgan fingerprint density at radius 1 is 1.13 bits per heavy atom. The molecule has 0 fully saturated rings. The largest absolute Gasteiger partial charge is 0.443 e. The fourth-order valence-corrected chi connectivity index (χ4v) is 3.80. The van der Waals surface area contributed by atoms with Crippen LogP contribution in [0.2, 0.25) is 0 Å². The lowest BCUT2D eigenvalue weighted by molar-refractivity contribution is -0.126. The van der Waals surface area contributed by atoms with E-state index in [1.165, 1.54) is 4.90 Å². The molecular formula is C27H33N7O5. The molecule has 0 saturated heterocycles. The third-order valence-electron chi connectivity index (χ3n) is 5.86. The summed E-state index contributed by atoms with van der Waals surface area (Å²) < 4.78 is 18.4. The fraction of sp³-hybridized carbons (Fsp3) is 0.370. The van der Waals surface area contributed by atoms with E-state index in [9.17, 15) is 9.59 Å². The second-order valence-electron chi connectivity index (χ2n) is 9.86. The third-order valence-corrected chi connectivity index (χ3v) is 5.86. The standard InChI is InChI=1S/C27H33N7O5/c1-18-13-21(39-32-18)14-33(4)26(36)38-16-20-11-8-12-23-30-31-24(34(20)23)22(29-25(35)27(2,3)28)17-37-15-19-9-6-5-7-10-19/h5-13,22H,14-17,28H2,1-4H3,(H,29,35)/t22-/m1/s1. The Morgan fingerprint density at radius 2 is 1.90 bits per heavy atom. The van der Waals surface area contributed by atoms with E-state index < -0.39 is 17.7 Å². The predicted octanol–water partition coefficient (Wildman–Crippen LogP) is 2.91. The van der Waals surface area contributed by atoms with Crippen molar-refractivity contribution in [2.45, 2.75) is 52.1 Å². The van der Waals surface area contributed by atoms with E-state index in [2.05, 4.69) is 20.7 Å². The van der Waals surface area contributed by atoms with Crippen molar-refractivity contribution >= 4 is 17.6 Å². The van der Waals surface area contributed by atoms with Gasteiger partial charge in [-0.25, -0.2) is 4.79 Å². The van der Waals surface area contributed by atoms with Crippen LogP contribution in [0.15, 0.2) is 59.1 Å². The van der Waals surface area contributed by atoms with Crippen molar-refractivity contribution in [3.63, 3.8) is 0 Å². The maximum atomic E-state index is 12.8. The molecule has 12 heteroatoms. The van der Waals surface area contributed by atoms with Gasteiger partial charge in [-0.1, -0.05) is 41.6 Å². The quantitative estimate of drug-likeness (QED) is 0.295. The summed E-state index contributed by atoms with van der Waals surface area (Å²) in [6, 6.07) is 16.1. The number of aromatic nitrogens is 4. The summed E-state index contributed by atoms with van der Waals surface area (Å²) in [5, 5.41) is 15.4. The number of benzene rings is 1. The van der Waals surface area contributed by atoms with Crippen LogP contribution in [-0.2, 0) is 34.0 Å². The Kier molecular flexibility index (Phi) is 8.57. The Bertz CT molecular complexity index is 1410. The molecule has 2 amide bonds. The van der Waals surface area contributed by atoms with E-state index in [0.29, 0.717) is 29.5 Å².